The second-order valence-electron chi connectivity index (χ2n) is 7.54. The van der Waals surface area contributed by atoms with Crippen molar-refractivity contribution < 1.29 is 9.48 Å². The smallest absolute Gasteiger partial charge is 0.321 e. The van der Waals surface area contributed by atoms with Gasteiger partial charge >= 0.3 is 5.84 Å². The molecule has 1 aliphatic rings. The van der Waals surface area contributed by atoms with Crippen LogP contribution >= 0.6 is 0 Å². The Bertz CT molecular complexity index is 797. The molecule has 7 heteroatoms. The molecule has 0 aromatic heterocycles. The van der Waals surface area contributed by atoms with Crippen LogP contribution < -0.4 is 16.0 Å². The summed E-state index contributed by atoms with van der Waals surface area (Å²) in [5, 5.41) is 7.18. The molecule has 0 atom stereocenters. The van der Waals surface area contributed by atoms with Gasteiger partial charge in [-0.25, -0.2) is 4.99 Å². The van der Waals surface area contributed by atoms with E-state index in [0.29, 0.717) is 35.0 Å². The van der Waals surface area contributed by atoms with Crippen molar-refractivity contribution in [2.24, 2.45) is 15.8 Å². The lowest BCUT2D eigenvalue weighted by Gasteiger charge is -2.33. The average molecular weight is 372 g/mol. The van der Waals surface area contributed by atoms with Crippen LogP contribution in [0.25, 0.3) is 0 Å². The lowest BCUT2D eigenvalue weighted by molar-refractivity contribution is -0.560. The van der Waals surface area contributed by atoms with Gasteiger partial charge in [0.25, 0.3) is 0 Å². The number of hydrogen-bond acceptors (Lipinski definition) is 5. The molecule has 0 bridgehead atoms. The van der Waals surface area contributed by atoms with Crippen molar-refractivity contribution in [3.8, 4) is 0 Å². The van der Waals surface area contributed by atoms with E-state index in [0.717, 1.165) is 5.69 Å². The molecule has 0 spiro atoms. The van der Waals surface area contributed by atoms with Gasteiger partial charge in [-0.15, -0.1) is 4.68 Å². The molecule has 1 aromatic rings. The second kappa shape index (κ2) is 8.33. The van der Waals surface area contributed by atoms with Gasteiger partial charge in [-0.2, -0.15) is 0 Å². The van der Waals surface area contributed by atoms with Gasteiger partial charge in [-0.1, -0.05) is 5.10 Å². The average Bonchev–Trinajstić information content (AvgIpc) is 2.89. The van der Waals surface area contributed by atoms with Crippen LogP contribution in [0, 0.1) is 0 Å². The molecule has 27 heavy (non-hydrogen) atoms. The maximum Gasteiger partial charge on any atom is 0.321 e. The number of carbonyl (C=O) groups excluding carboxylic acids is 1. The van der Waals surface area contributed by atoms with Gasteiger partial charge in [0, 0.05) is 24.7 Å². The second-order valence-corrected chi connectivity index (χ2v) is 7.54. The summed E-state index contributed by atoms with van der Waals surface area (Å²) in [7, 11) is 0. The standard InChI is InChI=1S/C20H30N6O/c1-12(2)25(13(3)4)16-8-9-17(18(10-16)23-15(7)27)24-19-11-22-26(14(5)6)20(19)21/h8-14H,1-7H3,(H2,21,22,23,27)/p+1. The van der Waals surface area contributed by atoms with Crippen molar-refractivity contribution in [2.45, 2.75) is 66.6 Å². The summed E-state index contributed by atoms with van der Waals surface area (Å²) in [5.41, 5.74) is 9.10. The number of nitrogens with one attached hydrogen (secondary N) is 1. The van der Waals surface area contributed by atoms with E-state index in [-0.39, 0.29) is 11.9 Å². The number of benzene rings is 1. The highest BCUT2D eigenvalue weighted by atomic mass is 16.1. The predicted molar refractivity (Wildman–Crippen MR) is 114 cm³/mol. The minimum Gasteiger partial charge on any atom is -0.367 e. The topological polar surface area (TPSA) is 86.1 Å². The molecule has 1 aliphatic heterocycles. The summed E-state index contributed by atoms with van der Waals surface area (Å²) in [4.78, 5) is 18.7. The molecule has 0 radical (unpaired) electrons. The van der Waals surface area contributed by atoms with E-state index in [4.69, 9.17) is 5.73 Å². The zero-order valence-corrected chi connectivity index (χ0v) is 17.3. The summed E-state index contributed by atoms with van der Waals surface area (Å²) in [5.74, 6) is 0.365. The Morgan fingerprint density at radius 3 is 2.30 bits per heavy atom. The van der Waals surface area contributed by atoms with Gasteiger partial charge in [0.05, 0.1) is 11.4 Å². The largest absolute Gasteiger partial charge is 0.367 e. The number of aliphatic imine (C=N–C) groups is 1. The van der Waals surface area contributed by atoms with Crippen LogP contribution in [0.3, 0.4) is 0 Å². The third-order valence-electron chi connectivity index (χ3n) is 4.25. The molecule has 0 aliphatic carbocycles. The number of amides is 1. The van der Waals surface area contributed by atoms with Crippen LogP contribution in [0.1, 0.15) is 48.5 Å². The quantitative estimate of drug-likeness (QED) is 0.753. The van der Waals surface area contributed by atoms with E-state index in [1.54, 1.807) is 10.9 Å². The molecular formula is C20H31N6O+. The van der Waals surface area contributed by atoms with Gasteiger partial charge < -0.3 is 10.2 Å². The Balaban J connectivity index is 2.50. The van der Waals surface area contributed by atoms with Crippen LogP contribution in [0.4, 0.5) is 17.1 Å². The summed E-state index contributed by atoms with van der Waals surface area (Å²) < 4.78 is 1.73. The van der Waals surface area contributed by atoms with Crippen LogP contribution in [0.15, 0.2) is 28.3 Å². The zero-order valence-electron chi connectivity index (χ0n) is 17.3. The van der Waals surface area contributed by atoms with Crippen molar-refractivity contribution in [1.29, 1.82) is 0 Å². The molecule has 1 heterocycles. The highest BCUT2D eigenvalue weighted by Gasteiger charge is 2.24. The SMILES string of the molecule is CC(=O)Nc1cc(N(C(C)C)C(C)C)ccc1N=C1C=N[N+](C(C)C)=C1N. The fourth-order valence-corrected chi connectivity index (χ4v) is 3.25. The lowest BCUT2D eigenvalue weighted by atomic mass is 10.1. The number of nitrogens with two attached hydrogens (primary N) is 1. The fourth-order valence-electron chi connectivity index (χ4n) is 3.25. The monoisotopic (exact) mass is 371 g/mol. The summed E-state index contributed by atoms with van der Waals surface area (Å²) in [6.45, 7) is 14.1. The molecule has 0 saturated carbocycles. The van der Waals surface area contributed by atoms with E-state index in [1.807, 2.05) is 32.0 Å². The van der Waals surface area contributed by atoms with E-state index >= 15 is 0 Å². The Morgan fingerprint density at radius 1 is 1.19 bits per heavy atom. The van der Waals surface area contributed by atoms with Gasteiger partial charge in [-0.3, -0.25) is 10.5 Å². The number of rotatable bonds is 6. The molecule has 0 unspecified atom stereocenters. The van der Waals surface area contributed by atoms with Crippen molar-refractivity contribution >= 4 is 40.7 Å². The first-order valence-corrected chi connectivity index (χ1v) is 9.36. The first kappa shape index (κ1) is 20.6. The van der Waals surface area contributed by atoms with Gasteiger partial charge in [0.1, 0.15) is 12.3 Å². The number of carbonyl (C=O) groups is 1. The van der Waals surface area contributed by atoms with Gasteiger partial charge in [0.2, 0.25) is 5.91 Å². The number of hydrogen-bond donors (Lipinski definition) is 2. The minimum absolute atomic E-state index is 0.143. The summed E-state index contributed by atoms with van der Waals surface area (Å²) in [6.07, 6.45) is 1.65. The van der Waals surface area contributed by atoms with Crippen molar-refractivity contribution in [2.75, 3.05) is 10.2 Å². The maximum absolute atomic E-state index is 11.7. The third-order valence-corrected chi connectivity index (χ3v) is 4.25. The normalized spacial score (nSPS) is 15.6. The molecule has 1 amide bonds. The zero-order chi connectivity index (χ0) is 20.3. The molecular weight excluding hydrogens is 340 g/mol. The number of amidine groups is 1. The van der Waals surface area contributed by atoms with Crippen LogP contribution in [0.2, 0.25) is 0 Å². The first-order valence-electron chi connectivity index (χ1n) is 9.36. The Labute approximate surface area is 161 Å². The molecule has 1 aromatic carbocycles. The van der Waals surface area contributed by atoms with Crippen LogP contribution in [0.5, 0.6) is 0 Å². The predicted octanol–water partition coefficient (Wildman–Crippen LogP) is 3.12. The fraction of sp³-hybridized carbons (Fsp3) is 0.500. The summed E-state index contributed by atoms with van der Waals surface area (Å²) >= 11 is 0. The van der Waals surface area contributed by atoms with E-state index in [1.165, 1.54) is 6.92 Å². The highest BCUT2D eigenvalue weighted by molar-refractivity contribution is 6.62. The van der Waals surface area contributed by atoms with E-state index in [9.17, 15) is 4.79 Å². The van der Waals surface area contributed by atoms with Gasteiger partial charge in [0.15, 0.2) is 5.71 Å². The van der Waals surface area contributed by atoms with Crippen LogP contribution in [-0.2, 0) is 4.79 Å². The highest BCUT2D eigenvalue weighted by Crippen LogP contribution is 2.32. The minimum atomic E-state index is -0.143. The summed E-state index contributed by atoms with van der Waals surface area (Å²) in [6, 6.07) is 6.70. The molecule has 0 saturated heterocycles. The number of anilines is 2. The Hall–Kier alpha value is -2.70. The molecule has 2 rings (SSSR count). The third kappa shape index (κ3) is 4.72. The maximum atomic E-state index is 11.7. The molecule has 0 fully saturated rings. The van der Waals surface area contributed by atoms with Gasteiger partial charge in [-0.05, 0) is 59.7 Å². The number of hydrazone groups is 1. The molecule has 7 nitrogen and oxygen atoms in total. The van der Waals surface area contributed by atoms with Crippen molar-refractivity contribution in [3.63, 3.8) is 0 Å². The first-order chi connectivity index (χ1) is 12.6. The lowest BCUT2D eigenvalue weighted by Crippen LogP contribution is -2.37. The Kier molecular flexibility index (Phi) is 6.36. The molecule has 3 N–H and O–H groups in total. The van der Waals surface area contributed by atoms with Crippen molar-refractivity contribution in [1.82, 2.24) is 0 Å². The van der Waals surface area contributed by atoms with Crippen LogP contribution in [-0.4, -0.2) is 46.5 Å². The number of nitrogens with zero attached hydrogens (tertiary/aromatic N) is 4. The van der Waals surface area contributed by atoms with E-state index in [2.05, 4.69) is 48.0 Å². The Morgan fingerprint density at radius 2 is 1.81 bits per heavy atom. The molecule has 146 valence electrons. The van der Waals surface area contributed by atoms with Crippen molar-refractivity contribution in [3.05, 3.63) is 18.2 Å². The van der Waals surface area contributed by atoms with E-state index < -0.39 is 0 Å².